The standard InChI is InChI=1S/C19H18N4O4S/c1-10-2-7-13-14(8-10)28-17-16(13)18(25)23(22-21-17)9-15(24)20-12-5-3-11(4-6-12)19(26)27/h3-6,10H,2,7-9H2,1H3,(H,20,24)(H,26,27)/t10-/m1/s1. The second-order valence-electron chi connectivity index (χ2n) is 7.01. The Morgan fingerprint density at radius 1 is 1.32 bits per heavy atom. The Bertz CT molecular complexity index is 1130. The molecule has 0 radical (unpaired) electrons. The second-order valence-corrected chi connectivity index (χ2v) is 8.10. The molecule has 1 aromatic carbocycles. The molecule has 28 heavy (non-hydrogen) atoms. The summed E-state index contributed by atoms with van der Waals surface area (Å²) in [5.74, 6) is -0.882. The SMILES string of the molecule is C[C@@H]1CCc2c(sc3nnn(CC(=O)Nc4ccc(C(=O)O)cc4)c(=O)c23)C1. The lowest BCUT2D eigenvalue weighted by Gasteiger charge is -2.17. The predicted molar refractivity (Wildman–Crippen MR) is 105 cm³/mol. The number of carboxylic acid groups (broad SMARTS) is 1. The number of nitrogens with one attached hydrogen (secondary N) is 1. The largest absolute Gasteiger partial charge is 0.478 e. The quantitative estimate of drug-likeness (QED) is 0.697. The summed E-state index contributed by atoms with van der Waals surface area (Å²) in [4.78, 5) is 37.9. The first kappa shape index (κ1) is 18.3. The summed E-state index contributed by atoms with van der Waals surface area (Å²) in [6.45, 7) is 1.94. The molecular formula is C19H18N4O4S. The fourth-order valence-corrected chi connectivity index (χ4v) is 4.75. The maximum Gasteiger partial charge on any atom is 0.335 e. The van der Waals surface area contributed by atoms with Gasteiger partial charge in [-0.05, 0) is 55.0 Å². The van der Waals surface area contributed by atoms with Crippen LogP contribution in [0, 0.1) is 5.92 Å². The number of carbonyl (C=O) groups excluding carboxylic acids is 1. The van der Waals surface area contributed by atoms with Crippen LogP contribution in [0.25, 0.3) is 10.2 Å². The number of hydrogen-bond donors (Lipinski definition) is 2. The van der Waals surface area contributed by atoms with Crippen molar-refractivity contribution in [3.8, 4) is 0 Å². The van der Waals surface area contributed by atoms with E-state index in [0.29, 0.717) is 21.8 Å². The van der Waals surface area contributed by atoms with Gasteiger partial charge in [0.15, 0.2) is 4.83 Å². The van der Waals surface area contributed by atoms with Crippen LogP contribution in [0.5, 0.6) is 0 Å². The Hall–Kier alpha value is -3.07. The number of aromatic carboxylic acids is 1. The van der Waals surface area contributed by atoms with Gasteiger partial charge in [0.2, 0.25) is 5.91 Å². The molecule has 0 saturated carbocycles. The third kappa shape index (κ3) is 3.40. The molecule has 1 atom stereocenters. The summed E-state index contributed by atoms with van der Waals surface area (Å²) < 4.78 is 1.08. The van der Waals surface area contributed by atoms with Crippen molar-refractivity contribution in [2.24, 2.45) is 5.92 Å². The second kappa shape index (κ2) is 7.16. The van der Waals surface area contributed by atoms with Crippen LogP contribution in [0.3, 0.4) is 0 Å². The monoisotopic (exact) mass is 398 g/mol. The number of fused-ring (bicyclic) bond motifs is 3. The van der Waals surface area contributed by atoms with Gasteiger partial charge in [0.25, 0.3) is 5.56 Å². The van der Waals surface area contributed by atoms with E-state index < -0.39 is 11.9 Å². The molecular weight excluding hydrogens is 380 g/mol. The minimum atomic E-state index is -1.04. The number of benzene rings is 1. The number of anilines is 1. The van der Waals surface area contributed by atoms with Gasteiger partial charge in [-0.2, -0.15) is 0 Å². The van der Waals surface area contributed by atoms with Crippen LogP contribution >= 0.6 is 11.3 Å². The van der Waals surface area contributed by atoms with Crippen molar-refractivity contribution in [2.45, 2.75) is 32.7 Å². The molecule has 144 valence electrons. The summed E-state index contributed by atoms with van der Waals surface area (Å²) in [5.41, 5.74) is 1.32. The number of amides is 1. The molecule has 0 spiro atoms. The first-order valence-electron chi connectivity index (χ1n) is 8.93. The van der Waals surface area contributed by atoms with E-state index in [1.807, 2.05) is 0 Å². The summed E-state index contributed by atoms with van der Waals surface area (Å²) in [6.07, 6.45) is 2.83. The van der Waals surface area contributed by atoms with Gasteiger partial charge >= 0.3 is 5.97 Å². The molecule has 4 rings (SSSR count). The number of aryl methyl sites for hydroxylation is 1. The molecule has 1 aliphatic rings. The van der Waals surface area contributed by atoms with Gasteiger partial charge in [0.1, 0.15) is 6.54 Å². The number of carbonyl (C=O) groups is 2. The van der Waals surface area contributed by atoms with Crippen molar-refractivity contribution in [3.63, 3.8) is 0 Å². The Balaban J connectivity index is 1.56. The zero-order chi connectivity index (χ0) is 19.8. The minimum Gasteiger partial charge on any atom is -0.478 e. The highest BCUT2D eigenvalue weighted by atomic mass is 32.1. The van der Waals surface area contributed by atoms with Gasteiger partial charge < -0.3 is 10.4 Å². The number of rotatable bonds is 4. The summed E-state index contributed by atoms with van der Waals surface area (Å²) in [7, 11) is 0. The molecule has 3 aromatic rings. The van der Waals surface area contributed by atoms with Gasteiger partial charge in [-0.1, -0.05) is 12.1 Å². The van der Waals surface area contributed by atoms with Crippen molar-refractivity contribution < 1.29 is 14.7 Å². The molecule has 1 amide bonds. The molecule has 0 bridgehead atoms. The van der Waals surface area contributed by atoms with Crippen LogP contribution in [-0.4, -0.2) is 32.0 Å². The maximum absolute atomic E-state index is 12.9. The van der Waals surface area contributed by atoms with Crippen LogP contribution in [0.15, 0.2) is 29.1 Å². The minimum absolute atomic E-state index is 0.127. The molecule has 0 saturated heterocycles. The maximum atomic E-state index is 12.9. The van der Waals surface area contributed by atoms with E-state index in [0.717, 1.165) is 29.5 Å². The fraction of sp³-hybridized carbons (Fsp3) is 0.316. The van der Waals surface area contributed by atoms with Crippen LogP contribution in [0.2, 0.25) is 0 Å². The lowest BCUT2D eigenvalue weighted by molar-refractivity contribution is -0.117. The molecule has 0 unspecified atom stereocenters. The topological polar surface area (TPSA) is 114 Å². The number of thiophene rings is 1. The van der Waals surface area contributed by atoms with E-state index in [1.54, 1.807) is 0 Å². The summed E-state index contributed by atoms with van der Waals surface area (Å²) in [6, 6.07) is 5.79. The van der Waals surface area contributed by atoms with E-state index in [1.165, 1.54) is 40.5 Å². The van der Waals surface area contributed by atoms with Gasteiger partial charge in [0.05, 0.1) is 10.9 Å². The zero-order valence-corrected chi connectivity index (χ0v) is 16.0. The molecule has 0 fully saturated rings. The smallest absolute Gasteiger partial charge is 0.335 e. The number of aromatic nitrogens is 3. The normalized spacial score (nSPS) is 16.0. The predicted octanol–water partition coefficient (Wildman–Crippen LogP) is 2.31. The lowest BCUT2D eigenvalue weighted by atomic mass is 9.89. The van der Waals surface area contributed by atoms with Crippen LogP contribution in [0.1, 0.15) is 34.1 Å². The first-order chi connectivity index (χ1) is 13.4. The third-order valence-corrected chi connectivity index (χ3v) is 6.03. The highest BCUT2D eigenvalue weighted by Gasteiger charge is 2.24. The molecule has 9 heteroatoms. The highest BCUT2D eigenvalue weighted by molar-refractivity contribution is 7.18. The molecule has 2 aromatic heterocycles. The molecule has 2 N–H and O–H groups in total. The van der Waals surface area contributed by atoms with E-state index >= 15 is 0 Å². The Kier molecular flexibility index (Phi) is 4.68. The third-order valence-electron chi connectivity index (χ3n) is 4.89. The van der Waals surface area contributed by atoms with Gasteiger partial charge in [0, 0.05) is 10.6 Å². The Morgan fingerprint density at radius 3 is 2.79 bits per heavy atom. The molecule has 8 nitrogen and oxygen atoms in total. The molecule has 0 aliphatic heterocycles. The van der Waals surface area contributed by atoms with Gasteiger partial charge in [-0.25, -0.2) is 9.48 Å². The molecule has 2 heterocycles. The number of hydrogen-bond acceptors (Lipinski definition) is 6. The summed E-state index contributed by atoms with van der Waals surface area (Å²) in [5, 5.41) is 20.2. The van der Waals surface area contributed by atoms with Crippen LogP contribution in [-0.2, 0) is 24.2 Å². The van der Waals surface area contributed by atoms with Crippen molar-refractivity contribution in [3.05, 3.63) is 50.6 Å². The van der Waals surface area contributed by atoms with Crippen molar-refractivity contribution in [2.75, 3.05) is 5.32 Å². The number of nitrogens with zero attached hydrogens (tertiary/aromatic N) is 3. The van der Waals surface area contributed by atoms with Crippen molar-refractivity contribution >= 4 is 39.1 Å². The first-order valence-corrected chi connectivity index (χ1v) is 9.75. The van der Waals surface area contributed by atoms with E-state index in [-0.39, 0.29) is 17.7 Å². The van der Waals surface area contributed by atoms with Crippen LogP contribution in [0.4, 0.5) is 5.69 Å². The summed E-state index contributed by atoms with van der Waals surface area (Å²) >= 11 is 1.52. The molecule has 1 aliphatic carbocycles. The van der Waals surface area contributed by atoms with Gasteiger partial charge in [-0.15, -0.1) is 16.4 Å². The lowest BCUT2D eigenvalue weighted by Crippen LogP contribution is -2.30. The average Bonchev–Trinajstić information content (AvgIpc) is 3.02. The van der Waals surface area contributed by atoms with E-state index in [2.05, 4.69) is 22.6 Å². The number of carboxylic acids is 1. The fourth-order valence-electron chi connectivity index (χ4n) is 3.43. The van der Waals surface area contributed by atoms with Crippen LogP contribution < -0.4 is 10.9 Å². The van der Waals surface area contributed by atoms with Crippen molar-refractivity contribution in [1.29, 1.82) is 0 Å². The average molecular weight is 398 g/mol. The van der Waals surface area contributed by atoms with E-state index in [9.17, 15) is 14.4 Å². The van der Waals surface area contributed by atoms with E-state index in [4.69, 9.17) is 5.11 Å². The zero-order valence-electron chi connectivity index (χ0n) is 15.1. The Labute approximate surface area is 163 Å². The Morgan fingerprint density at radius 2 is 2.07 bits per heavy atom. The van der Waals surface area contributed by atoms with Crippen molar-refractivity contribution in [1.82, 2.24) is 15.0 Å². The van der Waals surface area contributed by atoms with Gasteiger partial charge in [-0.3, -0.25) is 9.59 Å². The highest BCUT2D eigenvalue weighted by Crippen LogP contribution is 2.35.